The van der Waals surface area contributed by atoms with Crippen LogP contribution >= 0.6 is 0 Å². The second-order valence-electron chi connectivity index (χ2n) is 4.71. The van der Waals surface area contributed by atoms with E-state index in [4.69, 9.17) is 4.74 Å². The van der Waals surface area contributed by atoms with Crippen LogP contribution in [0.25, 0.3) is 0 Å². The Morgan fingerprint density at radius 1 is 1.29 bits per heavy atom. The molecule has 1 saturated heterocycles. The number of ether oxygens (including phenoxy) is 2. The second-order valence-corrected chi connectivity index (χ2v) is 4.71. The predicted octanol–water partition coefficient (Wildman–Crippen LogP) is 1.50. The van der Waals surface area contributed by atoms with E-state index in [1.54, 1.807) is 0 Å². The molecule has 4 atom stereocenters. The van der Waals surface area contributed by atoms with Crippen molar-refractivity contribution in [3.05, 3.63) is 0 Å². The Bertz CT molecular complexity index is 282. The van der Waals surface area contributed by atoms with E-state index in [-0.39, 0.29) is 23.9 Å². The van der Waals surface area contributed by atoms with Gasteiger partial charge in [0.05, 0.1) is 25.4 Å². The minimum absolute atomic E-state index is 0.0401. The standard InChI is InChI=1S/C12H21NO4/c1-7-5-10(6-8(2)17-7)11(9(3)14)13-12(15)16-4/h7-8,10-11H,5-6H2,1-4H3,(H,13,15)/t7-,8+,10+,11-/m1/s1. The molecule has 1 N–H and O–H groups in total. The largest absolute Gasteiger partial charge is 0.453 e. The average Bonchev–Trinajstić information content (AvgIpc) is 2.23. The highest BCUT2D eigenvalue weighted by Gasteiger charge is 2.34. The Labute approximate surface area is 102 Å². The molecule has 0 unspecified atom stereocenters. The van der Waals surface area contributed by atoms with E-state index in [9.17, 15) is 9.59 Å². The fourth-order valence-corrected chi connectivity index (χ4v) is 2.47. The summed E-state index contributed by atoms with van der Waals surface area (Å²) in [4.78, 5) is 22.8. The minimum Gasteiger partial charge on any atom is -0.453 e. The van der Waals surface area contributed by atoms with Crippen LogP contribution in [0, 0.1) is 5.92 Å². The summed E-state index contributed by atoms with van der Waals surface area (Å²) in [6.07, 6.45) is 1.23. The first-order chi connectivity index (χ1) is 7.93. The summed E-state index contributed by atoms with van der Waals surface area (Å²) in [7, 11) is 1.29. The van der Waals surface area contributed by atoms with Gasteiger partial charge in [-0.15, -0.1) is 0 Å². The summed E-state index contributed by atoms with van der Waals surface area (Å²) in [5.41, 5.74) is 0. The molecule has 0 spiro atoms. The first-order valence-electron chi connectivity index (χ1n) is 5.94. The van der Waals surface area contributed by atoms with Gasteiger partial charge in [-0.3, -0.25) is 4.79 Å². The third-order valence-electron chi connectivity index (χ3n) is 3.10. The number of methoxy groups -OCH3 is 1. The molecule has 0 aromatic heterocycles. The Morgan fingerprint density at radius 3 is 2.24 bits per heavy atom. The molecule has 98 valence electrons. The monoisotopic (exact) mass is 243 g/mol. The van der Waals surface area contributed by atoms with E-state index < -0.39 is 12.1 Å². The summed E-state index contributed by atoms with van der Waals surface area (Å²) in [6, 6.07) is -0.476. The number of carbonyl (C=O) groups is 2. The van der Waals surface area contributed by atoms with Crippen LogP contribution < -0.4 is 5.32 Å². The van der Waals surface area contributed by atoms with Gasteiger partial charge in [-0.2, -0.15) is 0 Å². The number of rotatable bonds is 3. The van der Waals surface area contributed by atoms with Crippen molar-refractivity contribution in [1.82, 2.24) is 5.32 Å². The molecule has 0 radical (unpaired) electrons. The van der Waals surface area contributed by atoms with Crippen molar-refractivity contribution in [3.8, 4) is 0 Å². The van der Waals surface area contributed by atoms with Crippen molar-refractivity contribution in [2.75, 3.05) is 7.11 Å². The molecule has 0 aliphatic carbocycles. The van der Waals surface area contributed by atoms with Gasteiger partial charge in [-0.25, -0.2) is 4.79 Å². The van der Waals surface area contributed by atoms with Crippen LogP contribution in [0.3, 0.4) is 0 Å². The first-order valence-corrected chi connectivity index (χ1v) is 5.94. The molecule has 1 aliphatic rings. The van der Waals surface area contributed by atoms with Crippen LogP contribution in [0.2, 0.25) is 0 Å². The van der Waals surface area contributed by atoms with Gasteiger partial charge in [0, 0.05) is 0 Å². The summed E-state index contributed by atoms with van der Waals surface area (Å²) in [5.74, 6) is 0.0760. The number of carbonyl (C=O) groups excluding carboxylic acids is 2. The number of hydrogen-bond acceptors (Lipinski definition) is 4. The normalized spacial score (nSPS) is 30.5. The Morgan fingerprint density at radius 2 is 1.82 bits per heavy atom. The molecule has 17 heavy (non-hydrogen) atoms. The van der Waals surface area contributed by atoms with E-state index in [0.29, 0.717) is 0 Å². The molecule has 0 saturated carbocycles. The second kappa shape index (κ2) is 6.00. The number of amides is 1. The number of hydrogen-bond donors (Lipinski definition) is 1. The maximum absolute atomic E-state index is 11.6. The molecule has 1 fully saturated rings. The lowest BCUT2D eigenvalue weighted by Crippen LogP contribution is -2.48. The number of nitrogens with one attached hydrogen (secondary N) is 1. The predicted molar refractivity (Wildman–Crippen MR) is 62.7 cm³/mol. The SMILES string of the molecule is COC(=O)N[C@H](C(C)=O)[C@H]1C[C@@H](C)O[C@@H](C)C1. The maximum Gasteiger partial charge on any atom is 0.407 e. The zero-order chi connectivity index (χ0) is 13.0. The van der Waals surface area contributed by atoms with Crippen molar-refractivity contribution in [2.24, 2.45) is 5.92 Å². The quantitative estimate of drug-likeness (QED) is 0.816. The van der Waals surface area contributed by atoms with E-state index in [0.717, 1.165) is 12.8 Å². The number of ketones is 1. The smallest absolute Gasteiger partial charge is 0.407 e. The third-order valence-corrected chi connectivity index (χ3v) is 3.10. The molecule has 5 nitrogen and oxygen atoms in total. The zero-order valence-electron chi connectivity index (χ0n) is 10.9. The van der Waals surface area contributed by atoms with Crippen LogP contribution in [0.4, 0.5) is 4.79 Å². The van der Waals surface area contributed by atoms with Crippen molar-refractivity contribution < 1.29 is 19.1 Å². The highest BCUT2D eigenvalue weighted by Crippen LogP contribution is 2.27. The Kier molecular flexibility index (Phi) is 4.93. The van der Waals surface area contributed by atoms with Crippen molar-refractivity contribution in [2.45, 2.75) is 51.9 Å². The fraction of sp³-hybridized carbons (Fsp3) is 0.833. The lowest BCUT2D eigenvalue weighted by atomic mass is 9.84. The van der Waals surface area contributed by atoms with Gasteiger partial charge < -0.3 is 14.8 Å². The van der Waals surface area contributed by atoms with Crippen LogP contribution in [0.1, 0.15) is 33.6 Å². The molecular formula is C12H21NO4. The van der Waals surface area contributed by atoms with E-state index in [1.165, 1.54) is 14.0 Å². The Hall–Kier alpha value is -1.10. The van der Waals surface area contributed by atoms with Gasteiger partial charge in [0.2, 0.25) is 0 Å². The molecule has 1 aliphatic heterocycles. The zero-order valence-corrected chi connectivity index (χ0v) is 10.9. The Balaban J connectivity index is 2.69. The summed E-state index contributed by atoms with van der Waals surface area (Å²) in [5, 5.41) is 2.61. The molecule has 5 heteroatoms. The molecule has 1 rings (SSSR count). The molecule has 0 aromatic rings. The molecule has 0 aromatic carbocycles. The van der Waals surface area contributed by atoms with Gasteiger partial charge in [0.25, 0.3) is 0 Å². The van der Waals surface area contributed by atoms with Gasteiger partial charge >= 0.3 is 6.09 Å². The number of alkyl carbamates (subject to hydrolysis) is 1. The summed E-state index contributed by atoms with van der Waals surface area (Å²) >= 11 is 0. The first kappa shape index (κ1) is 14.0. The summed E-state index contributed by atoms with van der Waals surface area (Å²) < 4.78 is 10.2. The van der Waals surface area contributed by atoms with Crippen LogP contribution in [0.5, 0.6) is 0 Å². The summed E-state index contributed by atoms with van der Waals surface area (Å²) in [6.45, 7) is 5.46. The number of Topliss-reactive ketones (excluding diaryl/α,β-unsaturated/α-hetero) is 1. The topological polar surface area (TPSA) is 64.6 Å². The van der Waals surface area contributed by atoms with Crippen LogP contribution in [0.15, 0.2) is 0 Å². The molecular weight excluding hydrogens is 222 g/mol. The van der Waals surface area contributed by atoms with Gasteiger partial charge in [0.15, 0.2) is 5.78 Å². The highest BCUT2D eigenvalue weighted by molar-refractivity contribution is 5.85. The van der Waals surface area contributed by atoms with Gasteiger partial charge in [0.1, 0.15) is 0 Å². The van der Waals surface area contributed by atoms with Crippen molar-refractivity contribution in [1.29, 1.82) is 0 Å². The lowest BCUT2D eigenvalue weighted by Gasteiger charge is -2.35. The molecule has 1 heterocycles. The maximum atomic E-state index is 11.6. The highest BCUT2D eigenvalue weighted by atomic mass is 16.5. The molecule has 0 bridgehead atoms. The molecule has 1 amide bonds. The van der Waals surface area contributed by atoms with Gasteiger partial charge in [-0.05, 0) is 39.5 Å². The lowest BCUT2D eigenvalue weighted by molar-refractivity contribution is -0.123. The van der Waals surface area contributed by atoms with E-state index in [2.05, 4.69) is 10.1 Å². The van der Waals surface area contributed by atoms with Crippen molar-refractivity contribution >= 4 is 11.9 Å². The minimum atomic E-state index is -0.558. The van der Waals surface area contributed by atoms with E-state index in [1.807, 2.05) is 13.8 Å². The van der Waals surface area contributed by atoms with Crippen molar-refractivity contribution in [3.63, 3.8) is 0 Å². The fourth-order valence-electron chi connectivity index (χ4n) is 2.47. The van der Waals surface area contributed by atoms with Crippen LogP contribution in [-0.4, -0.2) is 37.2 Å². The van der Waals surface area contributed by atoms with E-state index >= 15 is 0 Å². The van der Waals surface area contributed by atoms with Crippen LogP contribution in [-0.2, 0) is 14.3 Å². The average molecular weight is 243 g/mol. The van der Waals surface area contributed by atoms with Gasteiger partial charge in [-0.1, -0.05) is 0 Å². The third kappa shape index (κ3) is 4.00.